The van der Waals surface area contributed by atoms with Gasteiger partial charge in [-0.05, 0) is 41.5 Å². The number of hydrogen-bond acceptors (Lipinski definition) is 4. The Hall–Kier alpha value is -2.76. The number of rotatable bonds is 6. The lowest BCUT2D eigenvalue weighted by Crippen LogP contribution is -2.26. The van der Waals surface area contributed by atoms with Crippen molar-refractivity contribution < 1.29 is 12.8 Å². The first kappa shape index (κ1) is 21.5. The maximum atomic E-state index is 13.8. The molecular weight excluding hydrogens is 415 g/mol. The van der Waals surface area contributed by atoms with E-state index in [4.69, 9.17) is 0 Å². The first-order valence-corrected chi connectivity index (χ1v) is 11.8. The minimum absolute atomic E-state index is 0.00896. The number of nitriles is 1. The number of benzene rings is 1. The van der Waals surface area contributed by atoms with Crippen molar-refractivity contribution >= 4 is 20.9 Å². The maximum Gasteiger partial charge on any atom is 0.214 e. The molecule has 1 aliphatic rings. The highest BCUT2D eigenvalue weighted by Crippen LogP contribution is 2.32. The Labute approximate surface area is 181 Å². The highest BCUT2D eigenvalue weighted by atomic mass is 32.2. The number of aromatic nitrogens is 2. The van der Waals surface area contributed by atoms with Gasteiger partial charge >= 0.3 is 0 Å². The first-order valence-electron chi connectivity index (χ1n) is 10.2. The number of nitrogens with one attached hydrogen (secondary N) is 1. The van der Waals surface area contributed by atoms with E-state index in [2.05, 4.69) is 35.0 Å². The van der Waals surface area contributed by atoms with Crippen molar-refractivity contribution in [3.05, 3.63) is 53.7 Å². The Morgan fingerprint density at radius 2 is 2.03 bits per heavy atom. The second-order valence-electron chi connectivity index (χ2n) is 9.30. The SMILES string of the molecule is CC(C)(C)Cn1cc(CNS(=O)(=O)C2CC2)c2ccc(-c3cc(F)cnc3C#N)cc21. The minimum Gasteiger partial charge on any atom is -0.347 e. The van der Waals surface area contributed by atoms with Crippen LogP contribution in [0, 0.1) is 22.6 Å². The molecule has 0 spiro atoms. The Balaban J connectivity index is 1.79. The molecule has 0 saturated heterocycles. The second-order valence-corrected chi connectivity index (χ2v) is 11.3. The molecule has 162 valence electrons. The van der Waals surface area contributed by atoms with Crippen LogP contribution in [0.15, 0.2) is 36.7 Å². The highest BCUT2D eigenvalue weighted by molar-refractivity contribution is 7.90. The third kappa shape index (κ3) is 4.63. The molecule has 3 aromatic rings. The second kappa shape index (κ2) is 7.74. The number of fused-ring (bicyclic) bond motifs is 1. The van der Waals surface area contributed by atoms with E-state index in [1.807, 2.05) is 30.5 Å². The molecule has 1 aliphatic carbocycles. The van der Waals surface area contributed by atoms with E-state index in [-0.39, 0.29) is 22.9 Å². The molecule has 31 heavy (non-hydrogen) atoms. The van der Waals surface area contributed by atoms with Crippen LogP contribution in [0.4, 0.5) is 4.39 Å². The van der Waals surface area contributed by atoms with Gasteiger partial charge in [0.05, 0.1) is 11.4 Å². The van der Waals surface area contributed by atoms with Crippen molar-refractivity contribution in [2.75, 3.05) is 0 Å². The zero-order valence-electron chi connectivity index (χ0n) is 17.8. The van der Waals surface area contributed by atoms with E-state index < -0.39 is 15.8 Å². The first-order chi connectivity index (χ1) is 14.6. The summed E-state index contributed by atoms with van der Waals surface area (Å²) in [5.41, 5.74) is 3.06. The van der Waals surface area contributed by atoms with Crippen LogP contribution in [0.1, 0.15) is 44.9 Å². The zero-order valence-corrected chi connectivity index (χ0v) is 18.6. The zero-order chi connectivity index (χ0) is 22.4. The summed E-state index contributed by atoms with van der Waals surface area (Å²) in [6.07, 6.45) is 4.44. The summed E-state index contributed by atoms with van der Waals surface area (Å²) in [5, 5.41) is 10.0. The molecule has 1 fully saturated rings. The molecule has 0 radical (unpaired) electrons. The van der Waals surface area contributed by atoms with E-state index in [0.717, 1.165) is 29.2 Å². The van der Waals surface area contributed by atoms with Gasteiger partial charge in [0, 0.05) is 35.8 Å². The lowest BCUT2D eigenvalue weighted by Gasteiger charge is -2.20. The fraction of sp³-hybridized carbons (Fsp3) is 0.391. The predicted octanol–water partition coefficient (Wildman–Crippen LogP) is 4.34. The Bertz CT molecular complexity index is 1300. The molecular formula is C23H25FN4O2S. The molecule has 0 amide bonds. The number of hydrogen-bond donors (Lipinski definition) is 1. The fourth-order valence-corrected chi connectivity index (χ4v) is 5.09. The quantitative estimate of drug-likeness (QED) is 0.618. The molecule has 1 aromatic carbocycles. The van der Waals surface area contributed by atoms with Gasteiger partial charge in [-0.15, -0.1) is 0 Å². The molecule has 1 saturated carbocycles. The summed E-state index contributed by atoms with van der Waals surface area (Å²) in [6, 6.07) is 8.97. The minimum atomic E-state index is -3.29. The molecule has 2 aromatic heterocycles. The van der Waals surface area contributed by atoms with Crippen molar-refractivity contribution in [2.45, 2.75) is 52.0 Å². The van der Waals surface area contributed by atoms with Gasteiger partial charge in [-0.3, -0.25) is 0 Å². The lowest BCUT2D eigenvalue weighted by molar-refractivity contribution is 0.349. The molecule has 2 heterocycles. The summed E-state index contributed by atoms with van der Waals surface area (Å²) in [5.74, 6) is -0.505. The molecule has 1 N–H and O–H groups in total. The molecule has 0 unspecified atom stereocenters. The molecule has 8 heteroatoms. The van der Waals surface area contributed by atoms with Crippen molar-refractivity contribution in [1.82, 2.24) is 14.3 Å². The van der Waals surface area contributed by atoms with Crippen LogP contribution in [0.3, 0.4) is 0 Å². The third-order valence-corrected chi connectivity index (χ3v) is 7.20. The number of halogens is 1. The van der Waals surface area contributed by atoms with Gasteiger partial charge in [-0.1, -0.05) is 32.9 Å². The van der Waals surface area contributed by atoms with Crippen LogP contribution in [-0.2, 0) is 23.1 Å². The van der Waals surface area contributed by atoms with Crippen LogP contribution < -0.4 is 4.72 Å². The average molecular weight is 441 g/mol. The predicted molar refractivity (Wildman–Crippen MR) is 118 cm³/mol. The van der Waals surface area contributed by atoms with Crippen LogP contribution in [0.5, 0.6) is 0 Å². The van der Waals surface area contributed by atoms with Crippen molar-refractivity contribution in [3.8, 4) is 17.2 Å². The smallest absolute Gasteiger partial charge is 0.214 e. The van der Waals surface area contributed by atoms with E-state index in [1.165, 1.54) is 6.07 Å². The number of pyridine rings is 1. The molecule has 0 atom stereocenters. The van der Waals surface area contributed by atoms with Gasteiger partial charge in [-0.2, -0.15) is 5.26 Å². The average Bonchev–Trinajstić information content (AvgIpc) is 3.51. The molecule has 0 aliphatic heterocycles. The van der Waals surface area contributed by atoms with Gasteiger partial charge in [-0.25, -0.2) is 22.5 Å². The molecule has 6 nitrogen and oxygen atoms in total. The van der Waals surface area contributed by atoms with Crippen molar-refractivity contribution in [1.29, 1.82) is 5.26 Å². The lowest BCUT2D eigenvalue weighted by atomic mass is 9.96. The summed E-state index contributed by atoms with van der Waals surface area (Å²) in [4.78, 5) is 3.90. The largest absolute Gasteiger partial charge is 0.347 e. The monoisotopic (exact) mass is 440 g/mol. The molecule has 4 rings (SSSR count). The summed E-state index contributed by atoms with van der Waals surface area (Å²) >= 11 is 0. The van der Waals surface area contributed by atoms with Crippen LogP contribution in [-0.4, -0.2) is 23.2 Å². The number of nitrogens with zero attached hydrogens (tertiary/aromatic N) is 3. The summed E-state index contributed by atoms with van der Waals surface area (Å²) in [6.45, 7) is 7.32. The van der Waals surface area contributed by atoms with Crippen LogP contribution in [0.2, 0.25) is 0 Å². The van der Waals surface area contributed by atoms with Gasteiger partial charge in [0.15, 0.2) is 0 Å². The Kier molecular flexibility index (Phi) is 5.36. The van der Waals surface area contributed by atoms with Gasteiger partial charge in [0.25, 0.3) is 0 Å². The van der Waals surface area contributed by atoms with Crippen LogP contribution >= 0.6 is 0 Å². The normalized spacial score (nSPS) is 14.7. The third-order valence-electron chi connectivity index (χ3n) is 5.31. The van der Waals surface area contributed by atoms with Gasteiger partial charge in [0.1, 0.15) is 17.6 Å². The van der Waals surface area contributed by atoms with Gasteiger partial charge in [0.2, 0.25) is 10.0 Å². The molecule has 0 bridgehead atoms. The van der Waals surface area contributed by atoms with Crippen molar-refractivity contribution in [2.24, 2.45) is 5.41 Å². The van der Waals surface area contributed by atoms with Gasteiger partial charge < -0.3 is 4.57 Å². The van der Waals surface area contributed by atoms with E-state index in [0.29, 0.717) is 24.0 Å². The van der Waals surface area contributed by atoms with Crippen molar-refractivity contribution in [3.63, 3.8) is 0 Å². The van der Waals surface area contributed by atoms with E-state index in [1.54, 1.807) is 0 Å². The van der Waals surface area contributed by atoms with E-state index in [9.17, 15) is 18.1 Å². The fourth-order valence-electron chi connectivity index (χ4n) is 3.74. The topological polar surface area (TPSA) is 87.8 Å². The maximum absolute atomic E-state index is 13.8. The Morgan fingerprint density at radius 3 is 2.68 bits per heavy atom. The summed E-state index contributed by atoms with van der Waals surface area (Å²) in [7, 11) is -3.29. The van der Waals surface area contributed by atoms with Crippen LogP contribution in [0.25, 0.3) is 22.0 Å². The van der Waals surface area contributed by atoms with E-state index >= 15 is 0 Å². The highest BCUT2D eigenvalue weighted by Gasteiger charge is 2.35. The Morgan fingerprint density at radius 1 is 1.29 bits per heavy atom. The number of sulfonamides is 1. The summed E-state index contributed by atoms with van der Waals surface area (Å²) < 4.78 is 43.2. The standard InChI is InChI=1S/C23H25FN4O2S/c1-23(2,3)14-28-13-16(11-27-31(29,30)18-5-6-18)19-7-4-15(8-22(19)28)20-9-17(24)12-26-21(20)10-25/h4,7-9,12-13,18,27H,5-6,11,14H2,1-3H3.